The number of rotatable bonds is 4. The van der Waals surface area contributed by atoms with E-state index in [1.807, 2.05) is 13.8 Å². The van der Waals surface area contributed by atoms with Crippen LogP contribution in [0.25, 0.3) is 0 Å². The molecule has 1 heterocycles. The molecule has 0 aliphatic carbocycles. The Bertz CT molecular complexity index is 387. The summed E-state index contributed by atoms with van der Waals surface area (Å²) in [5.41, 5.74) is -0.428. The Morgan fingerprint density at radius 3 is 2.75 bits per heavy atom. The van der Waals surface area contributed by atoms with E-state index in [9.17, 15) is 13.2 Å². The lowest BCUT2D eigenvalue weighted by atomic mass is 9.79. The van der Waals surface area contributed by atoms with Crippen molar-refractivity contribution in [3.63, 3.8) is 0 Å². The monoisotopic (exact) mass is 246 g/mol. The highest BCUT2D eigenvalue weighted by Gasteiger charge is 2.35. The zero-order chi connectivity index (χ0) is 12.4. The summed E-state index contributed by atoms with van der Waals surface area (Å²) < 4.78 is 24.7. The molecule has 0 aromatic heterocycles. The third-order valence-corrected chi connectivity index (χ3v) is 3.77. The van der Waals surface area contributed by atoms with Crippen molar-refractivity contribution in [2.24, 2.45) is 11.3 Å². The van der Waals surface area contributed by atoms with E-state index in [0.29, 0.717) is 19.5 Å². The number of nitrogens with one attached hydrogen (secondary N) is 2. The molecule has 0 aromatic carbocycles. The number of hydrogen-bond donors (Lipinski definition) is 2. The Morgan fingerprint density at radius 2 is 2.25 bits per heavy atom. The van der Waals surface area contributed by atoms with Crippen molar-refractivity contribution in [2.75, 3.05) is 13.1 Å². The summed E-state index contributed by atoms with van der Waals surface area (Å²) in [5, 5.41) is 3.67. The fourth-order valence-corrected chi connectivity index (χ4v) is 2.39. The van der Waals surface area contributed by atoms with Crippen molar-refractivity contribution in [3.8, 4) is 0 Å². The van der Waals surface area contributed by atoms with E-state index in [2.05, 4.69) is 16.6 Å². The predicted molar refractivity (Wildman–Crippen MR) is 62.0 cm³/mol. The maximum Gasteiger partial charge on any atom is 0.233 e. The average Bonchev–Trinajstić information content (AvgIpc) is 2.20. The number of carbonyl (C=O) groups excluding carboxylic acids is 1. The third-order valence-electron chi connectivity index (χ3n) is 2.76. The lowest BCUT2D eigenvalue weighted by Gasteiger charge is -2.34. The molecular weight excluding hydrogens is 228 g/mol. The zero-order valence-corrected chi connectivity index (χ0v) is 10.4. The van der Waals surface area contributed by atoms with Crippen LogP contribution in [0.4, 0.5) is 0 Å². The summed E-state index contributed by atoms with van der Waals surface area (Å²) in [6.07, 6.45) is 0.679. The van der Waals surface area contributed by atoms with Crippen LogP contribution in [0.5, 0.6) is 0 Å². The molecule has 6 heteroatoms. The van der Waals surface area contributed by atoms with E-state index in [4.69, 9.17) is 0 Å². The van der Waals surface area contributed by atoms with Crippen LogP contribution in [0.3, 0.4) is 0 Å². The van der Waals surface area contributed by atoms with Gasteiger partial charge in [-0.25, -0.2) is 13.1 Å². The fraction of sp³-hybridized carbons (Fsp3) is 0.700. The highest BCUT2D eigenvalue weighted by Crippen LogP contribution is 2.28. The summed E-state index contributed by atoms with van der Waals surface area (Å²) in [4.78, 5) is 11.5. The smallest absolute Gasteiger partial charge is 0.233 e. The molecule has 1 amide bonds. The van der Waals surface area contributed by atoms with Crippen molar-refractivity contribution in [2.45, 2.75) is 20.3 Å². The second-order valence-corrected chi connectivity index (χ2v) is 6.44. The van der Waals surface area contributed by atoms with Gasteiger partial charge in [0, 0.05) is 23.9 Å². The zero-order valence-electron chi connectivity index (χ0n) is 9.62. The van der Waals surface area contributed by atoms with E-state index in [0.717, 1.165) is 5.41 Å². The first-order valence-electron chi connectivity index (χ1n) is 5.17. The Labute approximate surface area is 96.4 Å². The standard InChI is InChI=1S/C10H18N2O3S/c1-4-16(14,15)12-7-8-5-10(2,3)9(13)11-6-8/h4,8,12H,1,5-7H2,2-3H3,(H,11,13). The number of hydrogen-bond acceptors (Lipinski definition) is 3. The van der Waals surface area contributed by atoms with Gasteiger partial charge < -0.3 is 5.32 Å². The van der Waals surface area contributed by atoms with Gasteiger partial charge in [0.2, 0.25) is 15.9 Å². The van der Waals surface area contributed by atoms with E-state index < -0.39 is 15.4 Å². The summed E-state index contributed by atoms with van der Waals surface area (Å²) in [7, 11) is -3.37. The Morgan fingerprint density at radius 1 is 1.62 bits per heavy atom. The van der Waals surface area contributed by atoms with Gasteiger partial charge in [-0.15, -0.1) is 0 Å². The fourth-order valence-electron chi connectivity index (χ4n) is 1.80. The van der Waals surface area contributed by atoms with Gasteiger partial charge in [-0.1, -0.05) is 20.4 Å². The molecule has 1 aliphatic rings. The van der Waals surface area contributed by atoms with Crippen LogP contribution in [0.1, 0.15) is 20.3 Å². The molecule has 1 aliphatic heterocycles. The maximum atomic E-state index is 11.5. The third kappa shape index (κ3) is 3.31. The molecule has 0 spiro atoms. The molecule has 2 N–H and O–H groups in total. The molecule has 1 fully saturated rings. The first-order chi connectivity index (χ1) is 7.27. The number of amides is 1. The first kappa shape index (κ1) is 13.2. The van der Waals surface area contributed by atoms with Crippen molar-refractivity contribution >= 4 is 15.9 Å². The van der Waals surface area contributed by atoms with Gasteiger partial charge in [-0.05, 0) is 12.3 Å². The quantitative estimate of drug-likeness (QED) is 0.744. The molecule has 0 aromatic rings. The second-order valence-electron chi connectivity index (χ2n) is 4.72. The SMILES string of the molecule is C=CS(=O)(=O)NCC1CNC(=O)C(C)(C)C1. The van der Waals surface area contributed by atoms with E-state index in [1.165, 1.54) is 0 Å². The van der Waals surface area contributed by atoms with E-state index in [1.54, 1.807) is 0 Å². The highest BCUT2D eigenvalue weighted by molar-refractivity contribution is 7.92. The van der Waals surface area contributed by atoms with Crippen LogP contribution >= 0.6 is 0 Å². The van der Waals surface area contributed by atoms with Gasteiger partial charge in [-0.2, -0.15) is 0 Å². The van der Waals surface area contributed by atoms with Gasteiger partial charge >= 0.3 is 0 Å². The van der Waals surface area contributed by atoms with E-state index in [-0.39, 0.29) is 11.8 Å². The summed E-state index contributed by atoms with van der Waals surface area (Å²) in [6, 6.07) is 0. The van der Waals surface area contributed by atoms with Gasteiger partial charge in [0.05, 0.1) is 0 Å². The van der Waals surface area contributed by atoms with E-state index >= 15 is 0 Å². The molecule has 5 nitrogen and oxygen atoms in total. The molecule has 1 saturated heterocycles. The number of carbonyl (C=O) groups is 1. The minimum Gasteiger partial charge on any atom is -0.355 e. The van der Waals surface area contributed by atoms with Crippen LogP contribution < -0.4 is 10.0 Å². The second kappa shape index (κ2) is 4.55. The highest BCUT2D eigenvalue weighted by atomic mass is 32.2. The number of sulfonamides is 1. The summed E-state index contributed by atoms with van der Waals surface area (Å²) in [5.74, 6) is 0.151. The van der Waals surface area contributed by atoms with Crippen LogP contribution in [-0.4, -0.2) is 27.4 Å². The predicted octanol–water partition coefficient (Wildman–Crippen LogP) is 0.212. The Hall–Kier alpha value is -0.880. The lowest BCUT2D eigenvalue weighted by Crippen LogP contribution is -2.49. The van der Waals surface area contributed by atoms with Crippen LogP contribution in [0, 0.1) is 11.3 Å². The first-order valence-corrected chi connectivity index (χ1v) is 6.72. The van der Waals surface area contributed by atoms with Gasteiger partial charge in [0.15, 0.2) is 0 Å². The minimum absolute atomic E-state index is 0.0235. The molecular formula is C10H18N2O3S. The normalized spacial score (nSPS) is 24.9. The molecule has 92 valence electrons. The van der Waals surface area contributed by atoms with Crippen molar-refractivity contribution in [3.05, 3.63) is 12.0 Å². The molecule has 1 rings (SSSR count). The summed E-state index contributed by atoms with van der Waals surface area (Å²) in [6.45, 7) is 7.78. The molecule has 1 unspecified atom stereocenters. The largest absolute Gasteiger partial charge is 0.355 e. The number of piperidine rings is 1. The molecule has 0 saturated carbocycles. The molecule has 0 radical (unpaired) electrons. The molecule has 1 atom stereocenters. The average molecular weight is 246 g/mol. The topological polar surface area (TPSA) is 75.3 Å². The Balaban J connectivity index is 2.52. The molecule has 0 bridgehead atoms. The van der Waals surface area contributed by atoms with Crippen LogP contribution in [0.15, 0.2) is 12.0 Å². The van der Waals surface area contributed by atoms with Crippen LogP contribution in [-0.2, 0) is 14.8 Å². The van der Waals surface area contributed by atoms with Gasteiger partial charge in [-0.3, -0.25) is 4.79 Å². The van der Waals surface area contributed by atoms with Crippen molar-refractivity contribution in [1.29, 1.82) is 0 Å². The molecule has 16 heavy (non-hydrogen) atoms. The Kier molecular flexibility index (Phi) is 3.75. The maximum absolute atomic E-state index is 11.5. The van der Waals surface area contributed by atoms with Crippen molar-refractivity contribution in [1.82, 2.24) is 10.0 Å². The van der Waals surface area contributed by atoms with Gasteiger partial charge in [0.1, 0.15) is 0 Å². The minimum atomic E-state index is -3.37. The van der Waals surface area contributed by atoms with Crippen LogP contribution in [0.2, 0.25) is 0 Å². The lowest BCUT2D eigenvalue weighted by molar-refractivity contribution is -0.132. The van der Waals surface area contributed by atoms with Gasteiger partial charge in [0.25, 0.3) is 0 Å². The summed E-state index contributed by atoms with van der Waals surface area (Å²) >= 11 is 0. The van der Waals surface area contributed by atoms with Crippen molar-refractivity contribution < 1.29 is 13.2 Å².